The molecule has 18 heavy (non-hydrogen) atoms. The molecule has 3 N–H and O–H groups in total. The van der Waals surface area contributed by atoms with E-state index in [0.717, 1.165) is 5.56 Å². The second-order valence-corrected chi connectivity index (χ2v) is 5.01. The average Bonchev–Trinajstić information content (AvgIpc) is 2.29. The summed E-state index contributed by atoms with van der Waals surface area (Å²) in [5, 5.41) is 21.5. The lowest BCUT2D eigenvalue weighted by Gasteiger charge is -2.19. The summed E-state index contributed by atoms with van der Waals surface area (Å²) in [6.45, 7) is 1.83. The first kappa shape index (κ1) is 15.1. The highest BCUT2D eigenvalue weighted by atomic mass is 35.5. The summed E-state index contributed by atoms with van der Waals surface area (Å²) >= 11 is 11.8. The van der Waals surface area contributed by atoms with E-state index in [1.807, 2.05) is 6.92 Å². The predicted molar refractivity (Wildman–Crippen MR) is 71.4 cm³/mol. The highest BCUT2D eigenvalue weighted by Crippen LogP contribution is 2.24. The Balaban J connectivity index is 2.57. The molecule has 0 aliphatic rings. The van der Waals surface area contributed by atoms with Gasteiger partial charge in [0.05, 0.1) is 6.10 Å². The van der Waals surface area contributed by atoms with Crippen molar-refractivity contribution >= 4 is 29.3 Å². The van der Waals surface area contributed by atoms with Crippen LogP contribution in [0.2, 0.25) is 10.0 Å². The van der Waals surface area contributed by atoms with E-state index in [4.69, 9.17) is 28.3 Å². The molecule has 0 saturated heterocycles. The molecule has 0 spiro atoms. The zero-order valence-electron chi connectivity index (χ0n) is 9.86. The van der Waals surface area contributed by atoms with Gasteiger partial charge in [0.15, 0.2) is 0 Å². The van der Waals surface area contributed by atoms with Crippen LogP contribution in [0.25, 0.3) is 0 Å². The molecule has 1 aromatic rings. The van der Waals surface area contributed by atoms with Crippen LogP contribution in [-0.2, 0) is 6.42 Å². The van der Waals surface area contributed by atoms with Gasteiger partial charge in [0.2, 0.25) is 0 Å². The topological polar surface area (TPSA) is 69.6 Å². The molecule has 0 aromatic heterocycles. The monoisotopic (exact) mass is 291 g/mol. The first-order valence-corrected chi connectivity index (χ1v) is 6.24. The number of benzene rings is 1. The van der Waals surface area contributed by atoms with Gasteiger partial charge >= 0.3 is 6.09 Å². The van der Waals surface area contributed by atoms with E-state index in [0.29, 0.717) is 16.5 Å². The molecule has 4 nitrogen and oxygen atoms in total. The van der Waals surface area contributed by atoms with Crippen LogP contribution in [-0.4, -0.2) is 29.0 Å². The number of hydrogen-bond acceptors (Lipinski definition) is 2. The minimum Gasteiger partial charge on any atom is -0.465 e. The van der Waals surface area contributed by atoms with Crippen LogP contribution >= 0.6 is 23.2 Å². The largest absolute Gasteiger partial charge is 0.465 e. The molecule has 0 heterocycles. The van der Waals surface area contributed by atoms with E-state index in [1.165, 1.54) is 0 Å². The molecular weight excluding hydrogens is 277 g/mol. The number of hydrogen-bond donors (Lipinski definition) is 3. The van der Waals surface area contributed by atoms with E-state index < -0.39 is 12.2 Å². The number of aliphatic hydroxyl groups is 1. The SMILES string of the molecule is CC(Cc1ccc(Cl)cc1Cl)C(O)CNC(=O)O. The summed E-state index contributed by atoms with van der Waals surface area (Å²) in [6.07, 6.45) is -1.35. The van der Waals surface area contributed by atoms with E-state index in [9.17, 15) is 9.90 Å². The maximum Gasteiger partial charge on any atom is 0.404 e. The summed E-state index contributed by atoms with van der Waals surface area (Å²) in [5.41, 5.74) is 0.878. The predicted octanol–water partition coefficient (Wildman–Crippen LogP) is 2.80. The smallest absolute Gasteiger partial charge is 0.404 e. The van der Waals surface area contributed by atoms with Crippen LogP contribution in [0.15, 0.2) is 18.2 Å². The van der Waals surface area contributed by atoms with E-state index in [-0.39, 0.29) is 12.5 Å². The first-order chi connectivity index (χ1) is 8.40. The van der Waals surface area contributed by atoms with Crippen LogP contribution in [0.1, 0.15) is 12.5 Å². The van der Waals surface area contributed by atoms with Crippen molar-refractivity contribution in [1.29, 1.82) is 0 Å². The van der Waals surface area contributed by atoms with Crippen LogP contribution in [0.3, 0.4) is 0 Å². The third-order valence-electron chi connectivity index (χ3n) is 2.68. The van der Waals surface area contributed by atoms with Gasteiger partial charge in [-0.3, -0.25) is 0 Å². The van der Waals surface area contributed by atoms with Crippen LogP contribution in [0.5, 0.6) is 0 Å². The molecule has 1 amide bonds. The maximum atomic E-state index is 10.3. The number of carboxylic acid groups (broad SMARTS) is 1. The molecule has 100 valence electrons. The van der Waals surface area contributed by atoms with Crippen molar-refractivity contribution in [2.45, 2.75) is 19.4 Å². The van der Waals surface area contributed by atoms with Crippen molar-refractivity contribution in [2.24, 2.45) is 5.92 Å². The van der Waals surface area contributed by atoms with Gasteiger partial charge in [0, 0.05) is 16.6 Å². The highest BCUT2D eigenvalue weighted by molar-refractivity contribution is 6.35. The van der Waals surface area contributed by atoms with E-state index in [2.05, 4.69) is 5.32 Å². The summed E-state index contributed by atoms with van der Waals surface area (Å²) in [4.78, 5) is 10.3. The van der Waals surface area contributed by atoms with Crippen molar-refractivity contribution in [3.05, 3.63) is 33.8 Å². The van der Waals surface area contributed by atoms with Crippen LogP contribution in [0, 0.1) is 5.92 Å². The Morgan fingerprint density at radius 3 is 2.67 bits per heavy atom. The number of rotatable bonds is 5. The zero-order valence-corrected chi connectivity index (χ0v) is 11.4. The third kappa shape index (κ3) is 4.72. The van der Waals surface area contributed by atoms with Gasteiger partial charge in [-0.1, -0.05) is 36.2 Å². The Hall–Kier alpha value is -0.970. The summed E-state index contributed by atoms with van der Waals surface area (Å²) in [6, 6.07) is 5.18. The molecule has 1 rings (SSSR count). The fourth-order valence-corrected chi connectivity index (χ4v) is 2.05. The summed E-state index contributed by atoms with van der Waals surface area (Å²) < 4.78 is 0. The number of aliphatic hydroxyl groups excluding tert-OH is 1. The van der Waals surface area contributed by atoms with Crippen molar-refractivity contribution in [2.75, 3.05) is 6.54 Å². The second kappa shape index (κ2) is 6.83. The lowest BCUT2D eigenvalue weighted by atomic mass is 9.96. The van der Waals surface area contributed by atoms with Gasteiger partial charge in [0.25, 0.3) is 0 Å². The van der Waals surface area contributed by atoms with Gasteiger partial charge in [-0.15, -0.1) is 0 Å². The van der Waals surface area contributed by atoms with E-state index >= 15 is 0 Å². The molecule has 0 radical (unpaired) electrons. The minimum atomic E-state index is -1.15. The highest BCUT2D eigenvalue weighted by Gasteiger charge is 2.16. The molecule has 1 aromatic carbocycles. The van der Waals surface area contributed by atoms with Gasteiger partial charge in [-0.2, -0.15) is 0 Å². The molecule has 2 atom stereocenters. The zero-order chi connectivity index (χ0) is 13.7. The van der Waals surface area contributed by atoms with Gasteiger partial charge in [0.1, 0.15) is 0 Å². The molecule has 2 unspecified atom stereocenters. The van der Waals surface area contributed by atoms with Gasteiger partial charge in [-0.05, 0) is 30.0 Å². The van der Waals surface area contributed by atoms with Crippen molar-refractivity contribution in [3.63, 3.8) is 0 Å². The molecule has 0 bridgehead atoms. The normalized spacial score (nSPS) is 14.0. The molecule has 6 heteroatoms. The molecular formula is C12H15Cl2NO3. The van der Waals surface area contributed by atoms with Crippen LogP contribution < -0.4 is 5.32 Å². The van der Waals surface area contributed by atoms with Crippen LogP contribution in [0.4, 0.5) is 4.79 Å². The number of halogens is 2. The number of nitrogens with one attached hydrogen (secondary N) is 1. The Morgan fingerprint density at radius 1 is 1.44 bits per heavy atom. The Bertz CT molecular complexity index is 426. The molecule has 0 aliphatic carbocycles. The minimum absolute atomic E-state index is 0.00170. The van der Waals surface area contributed by atoms with Gasteiger partial charge < -0.3 is 15.5 Å². The first-order valence-electron chi connectivity index (χ1n) is 5.49. The quantitative estimate of drug-likeness (QED) is 0.781. The number of carbonyl (C=O) groups is 1. The summed E-state index contributed by atoms with van der Waals surface area (Å²) in [5.74, 6) is -0.115. The maximum absolute atomic E-state index is 10.3. The van der Waals surface area contributed by atoms with Gasteiger partial charge in [-0.25, -0.2) is 4.79 Å². The molecule has 0 saturated carbocycles. The van der Waals surface area contributed by atoms with Crippen molar-refractivity contribution in [1.82, 2.24) is 5.32 Å². The number of amides is 1. The molecule has 0 fully saturated rings. The summed E-state index contributed by atoms with van der Waals surface area (Å²) in [7, 11) is 0. The van der Waals surface area contributed by atoms with Crippen molar-refractivity contribution < 1.29 is 15.0 Å². The lowest BCUT2D eigenvalue weighted by molar-refractivity contribution is 0.112. The van der Waals surface area contributed by atoms with Crippen molar-refractivity contribution in [3.8, 4) is 0 Å². The Kier molecular flexibility index (Phi) is 5.72. The second-order valence-electron chi connectivity index (χ2n) is 4.17. The third-order valence-corrected chi connectivity index (χ3v) is 3.26. The average molecular weight is 292 g/mol. The van der Waals surface area contributed by atoms with E-state index in [1.54, 1.807) is 18.2 Å². The fraction of sp³-hybridized carbons (Fsp3) is 0.417. The standard InChI is InChI=1S/C12H15Cl2NO3/c1-7(11(16)6-15-12(17)18)4-8-2-3-9(13)5-10(8)14/h2-3,5,7,11,15-16H,4,6H2,1H3,(H,17,18). The lowest BCUT2D eigenvalue weighted by Crippen LogP contribution is -2.35. The molecule has 0 aliphatic heterocycles. The fourth-order valence-electron chi connectivity index (χ4n) is 1.56. The Morgan fingerprint density at radius 2 is 2.11 bits per heavy atom. The Labute approximate surface area is 116 Å².